The summed E-state index contributed by atoms with van der Waals surface area (Å²) in [5.74, 6) is 0.515. The molecule has 206 valence electrons. The number of nitrogens with one attached hydrogen (secondary N) is 2. The number of thiophene rings is 1. The van der Waals surface area contributed by atoms with E-state index in [2.05, 4.69) is 10.6 Å². The van der Waals surface area contributed by atoms with Gasteiger partial charge in [0.2, 0.25) is 18.6 Å². The SMILES string of the molecule is COc1ccc([C@@H](C(=O)NC(C)(C)C)N(C(=O)CNC(=O)c2cccs2)c2ccc3c(c2)OCO3)cc1OC. The fraction of sp³-hybridized carbons (Fsp3) is 0.321. The number of ether oxygens (including phenoxy) is 4. The van der Waals surface area contributed by atoms with E-state index in [1.807, 2.05) is 20.8 Å². The summed E-state index contributed by atoms with van der Waals surface area (Å²) in [6, 6.07) is 12.3. The minimum Gasteiger partial charge on any atom is -0.493 e. The maximum atomic E-state index is 13.9. The number of hydrogen-bond acceptors (Lipinski definition) is 8. The third-order valence-electron chi connectivity index (χ3n) is 5.78. The van der Waals surface area contributed by atoms with Gasteiger partial charge in [0.1, 0.15) is 6.04 Å². The van der Waals surface area contributed by atoms with E-state index in [0.29, 0.717) is 39.1 Å². The first-order valence-electron chi connectivity index (χ1n) is 12.2. The molecule has 2 N–H and O–H groups in total. The van der Waals surface area contributed by atoms with E-state index in [1.165, 1.54) is 30.5 Å². The average Bonchev–Trinajstić information content (AvgIpc) is 3.60. The summed E-state index contributed by atoms with van der Waals surface area (Å²) in [4.78, 5) is 42.2. The van der Waals surface area contributed by atoms with Crippen LogP contribution in [0.2, 0.25) is 0 Å². The molecule has 4 rings (SSSR count). The lowest BCUT2D eigenvalue weighted by Gasteiger charge is -2.34. The number of carbonyl (C=O) groups excluding carboxylic acids is 3. The van der Waals surface area contributed by atoms with Crippen molar-refractivity contribution >= 4 is 34.7 Å². The topological polar surface area (TPSA) is 115 Å². The quantitative estimate of drug-likeness (QED) is 0.413. The Balaban J connectivity index is 1.79. The van der Waals surface area contributed by atoms with E-state index < -0.39 is 23.4 Å². The van der Waals surface area contributed by atoms with Crippen molar-refractivity contribution in [2.75, 3.05) is 32.5 Å². The molecule has 0 fully saturated rings. The predicted octanol–water partition coefficient (Wildman–Crippen LogP) is 3.91. The van der Waals surface area contributed by atoms with E-state index >= 15 is 0 Å². The normalized spacial score (nSPS) is 12.8. The highest BCUT2D eigenvalue weighted by molar-refractivity contribution is 7.12. The van der Waals surface area contributed by atoms with E-state index in [-0.39, 0.29) is 19.2 Å². The number of nitrogens with zero attached hydrogens (tertiary/aromatic N) is 1. The van der Waals surface area contributed by atoms with Gasteiger partial charge in [0.25, 0.3) is 5.91 Å². The summed E-state index contributed by atoms with van der Waals surface area (Å²) < 4.78 is 21.8. The highest BCUT2D eigenvalue weighted by Crippen LogP contribution is 2.39. The minimum atomic E-state index is -1.13. The molecular formula is C28H31N3O7S. The second kappa shape index (κ2) is 11.6. The highest BCUT2D eigenvalue weighted by atomic mass is 32.1. The minimum absolute atomic E-state index is 0.0488. The summed E-state index contributed by atoms with van der Waals surface area (Å²) in [5, 5.41) is 7.43. The molecule has 1 atom stereocenters. The van der Waals surface area contributed by atoms with Gasteiger partial charge < -0.3 is 29.6 Å². The standard InChI is InChI=1S/C28H31N3O7S/c1-28(2,3)30-27(34)25(17-8-10-19(35-4)21(13-17)36-5)31(18-9-11-20-22(14-18)38-16-37-20)24(32)15-29-26(33)23-7-6-12-39-23/h6-14,25H,15-16H2,1-5H3,(H,29,33)(H,30,34)/t25-/m0/s1. The molecule has 39 heavy (non-hydrogen) atoms. The fourth-order valence-electron chi connectivity index (χ4n) is 4.09. The Hall–Kier alpha value is -4.25. The van der Waals surface area contributed by atoms with Crippen molar-refractivity contribution in [1.29, 1.82) is 0 Å². The zero-order valence-corrected chi connectivity index (χ0v) is 23.2. The summed E-state index contributed by atoms with van der Waals surface area (Å²) in [5.41, 5.74) is 0.270. The lowest BCUT2D eigenvalue weighted by molar-refractivity contribution is -0.127. The van der Waals surface area contributed by atoms with Crippen LogP contribution in [0.5, 0.6) is 23.0 Å². The third-order valence-corrected chi connectivity index (χ3v) is 6.64. The van der Waals surface area contributed by atoms with Crippen LogP contribution in [-0.4, -0.2) is 50.8 Å². The zero-order chi connectivity index (χ0) is 28.2. The van der Waals surface area contributed by atoms with Gasteiger partial charge >= 0.3 is 0 Å². The number of fused-ring (bicyclic) bond motifs is 1. The molecule has 0 bridgehead atoms. The molecule has 0 saturated carbocycles. The molecule has 10 nitrogen and oxygen atoms in total. The van der Waals surface area contributed by atoms with Gasteiger partial charge in [-0.25, -0.2) is 0 Å². The lowest BCUT2D eigenvalue weighted by atomic mass is 10.00. The van der Waals surface area contributed by atoms with Crippen molar-refractivity contribution in [2.45, 2.75) is 32.4 Å². The lowest BCUT2D eigenvalue weighted by Crippen LogP contribution is -2.51. The van der Waals surface area contributed by atoms with Crippen LogP contribution in [0.1, 0.15) is 42.0 Å². The second-order valence-electron chi connectivity index (χ2n) is 9.72. The van der Waals surface area contributed by atoms with Crippen LogP contribution in [0.25, 0.3) is 0 Å². The van der Waals surface area contributed by atoms with Gasteiger partial charge in [-0.1, -0.05) is 12.1 Å². The Morgan fingerprint density at radius 3 is 2.41 bits per heavy atom. The van der Waals surface area contributed by atoms with E-state index in [9.17, 15) is 14.4 Å². The molecule has 1 aliphatic heterocycles. The number of benzene rings is 2. The number of hydrogen-bond donors (Lipinski definition) is 2. The maximum absolute atomic E-state index is 13.9. The van der Waals surface area contributed by atoms with Gasteiger partial charge in [0.15, 0.2) is 23.0 Å². The highest BCUT2D eigenvalue weighted by Gasteiger charge is 2.36. The molecule has 0 saturated heterocycles. The van der Waals surface area contributed by atoms with Gasteiger partial charge in [-0.3, -0.25) is 19.3 Å². The van der Waals surface area contributed by atoms with Crippen molar-refractivity contribution in [1.82, 2.24) is 10.6 Å². The number of methoxy groups -OCH3 is 2. The predicted molar refractivity (Wildman–Crippen MR) is 147 cm³/mol. The van der Waals surface area contributed by atoms with Crippen LogP contribution in [-0.2, 0) is 9.59 Å². The Bertz CT molecular complexity index is 1350. The average molecular weight is 554 g/mol. The molecule has 0 aliphatic carbocycles. The molecule has 0 unspecified atom stereocenters. The largest absolute Gasteiger partial charge is 0.493 e. The summed E-state index contributed by atoms with van der Waals surface area (Å²) in [7, 11) is 3.01. The van der Waals surface area contributed by atoms with Crippen LogP contribution in [0.15, 0.2) is 53.9 Å². The first kappa shape index (κ1) is 27.8. The molecule has 2 heterocycles. The molecule has 3 aromatic rings. The van der Waals surface area contributed by atoms with Crippen LogP contribution >= 0.6 is 11.3 Å². The Labute approximate surface area is 230 Å². The molecular weight excluding hydrogens is 522 g/mol. The number of anilines is 1. The van der Waals surface area contributed by atoms with Crippen LogP contribution < -0.4 is 34.5 Å². The van der Waals surface area contributed by atoms with Crippen LogP contribution in [0.4, 0.5) is 5.69 Å². The van der Waals surface area contributed by atoms with Gasteiger partial charge in [0.05, 0.1) is 25.6 Å². The Kier molecular flexibility index (Phi) is 8.29. The monoisotopic (exact) mass is 553 g/mol. The number of carbonyl (C=O) groups is 3. The maximum Gasteiger partial charge on any atom is 0.261 e. The van der Waals surface area contributed by atoms with Crippen molar-refractivity contribution in [2.24, 2.45) is 0 Å². The van der Waals surface area contributed by atoms with Crippen molar-refractivity contribution in [3.05, 3.63) is 64.4 Å². The van der Waals surface area contributed by atoms with Gasteiger partial charge in [-0.05, 0) is 62.0 Å². The smallest absolute Gasteiger partial charge is 0.261 e. The van der Waals surface area contributed by atoms with E-state index in [0.717, 1.165) is 0 Å². The summed E-state index contributed by atoms with van der Waals surface area (Å²) >= 11 is 1.27. The Morgan fingerprint density at radius 1 is 1.00 bits per heavy atom. The zero-order valence-electron chi connectivity index (χ0n) is 22.4. The molecule has 0 spiro atoms. The second-order valence-corrected chi connectivity index (χ2v) is 10.7. The van der Waals surface area contributed by atoms with Gasteiger partial charge in [0, 0.05) is 17.3 Å². The van der Waals surface area contributed by atoms with Crippen molar-refractivity contribution in [3.8, 4) is 23.0 Å². The van der Waals surface area contributed by atoms with Crippen LogP contribution in [0.3, 0.4) is 0 Å². The van der Waals surface area contributed by atoms with Gasteiger partial charge in [-0.2, -0.15) is 0 Å². The molecule has 0 radical (unpaired) electrons. The van der Waals surface area contributed by atoms with Crippen molar-refractivity contribution < 1.29 is 33.3 Å². The number of rotatable bonds is 9. The van der Waals surface area contributed by atoms with E-state index in [4.69, 9.17) is 18.9 Å². The first-order valence-corrected chi connectivity index (χ1v) is 13.1. The molecule has 1 aromatic heterocycles. The van der Waals surface area contributed by atoms with Crippen LogP contribution in [0, 0.1) is 0 Å². The molecule has 2 aromatic carbocycles. The third kappa shape index (κ3) is 6.43. The van der Waals surface area contributed by atoms with Crippen molar-refractivity contribution in [3.63, 3.8) is 0 Å². The Morgan fingerprint density at radius 2 is 1.74 bits per heavy atom. The molecule has 11 heteroatoms. The first-order chi connectivity index (χ1) is 18.6. The number of amides is 3. The molecule has 1 aliphatic rings. The summed E-state index contributed by atoms with van der Waals surface area (Å²) in [6.07, 6.45) is 0. The fourth-order valence-corrected chi connectivity index (χ4v) is 4.73. The van der Waals surface area contributed by atoms with Gasteiger partial charge in [-0.15, -0.1) is 11.3 Å². The summed E-state index contributed by atoms with van der Waals surface area (Å²) in [6.45, 7) is 5.25. The molecule has 3 amide bonds. The van der Waals surface area contributed by atoms with E-state index in [1.54, 1.807) is 53.9 Å².